The fourth-order valence-electron chi connectivity index (χ4n) is 1.36. The lowest BCUT2D eigenvalue weighted by atomic mass is 10.1. The maximum Gasteiger partial charge on any atom is 0.323 e. The molecule has 104 valence electrons. The summed E-state index contributed by atoms with van der Waals surface area (Å²) in [5.74, 6) is -2.29. The molecule has 0 aromatic heterocycles. The Balaban J connectivity index is 4.83. The zero-order valence-electron chi connectivity index (χ0n) is 11.1. The Labute approximate surface area is 106 Å². The third-order valence-corrected chi connectivity index (χ3v) is 2.80. The Morgan fingerprint density at radius 3 is 1.67 bits per heavy atom. The van der Waals surface area contributed by atoms with E-state index in [0.29, 0.717) is 0 Å². The first kappa shape index (κ1) is 16.2. The zero-order chi connectivity index (χ0) is 14.5. The molecule has 0 heterocycles. The van der Waals surface area contributed by atoms with Gasteiger partial charge < -0.3 is 20.0 Å². The maximum absolute atomic E-state index is 12.0. The first-order chi connectivity index (χ1) is 8.16. The van der Waals surface area contributed by atoms with E-state index in [1.165, 1.54) is 11.9 Å². The van der Waals surface area contributed by atoms with Crippen molar-refractivity contribution in [2.45, 2.75) is 26.8 Å². The van der Waals surface area contributed by atoms with Crippen molar-refractivity contribution in [2.24, 2.45) is 5.92 Å². The predicted octanol–water partition coefficient (Wildman–Crippen LogP) is 0.554. The number of hydrogen-bond donors (Lipinski definition) is 2. The fourth-order valence-corrected chi connectivity index (χ4v) is 1.36. The Morgan fingerprint density at radius 2 is 1.39 bits per heavy atom. The summed E-state index contributed by atoms with van der Waals surface area (Å²) in [7, 11) is 1.53. The lowest BCUT2D eigenvalue weighted by Crippen LogP contribution is -2.49. The van der Waals surface area contributed by atoms with Crippen LogP contribution < -0.4 is 0 Å². The minimum atomic E-state index is -1.24. The minimum Gasteiger partial charge on any atom is -0.480 e. The molecule has 0 aromatic carbocycles. The molecule has 2 N–H and O–H groups in total. The highest BCUT2D eigenvalue weighted by atomic mass is 16.4. The normalized spacial score (nSPS) is 12.1. The highest BCUT2D eigenvalue weighted by Crippen LogP contribution is 2.10. The standard InChI is InChI=1S/C11H20N2O5/c1-7(2)8(3)12(4)11(18)13(5-9(14)15)6-10(16)17/h7-8H,5-6H2,1-4H3,(H,14,15)(H,16,17). The van der Waals surface area contributed by atoms with Crippen molar-refractivity contribution >= 4 is 18.0 Å². The molecule has 0 saturated carbocycles. The van der Waals surface area contributed by atoms with E-state index in [1.54, 1.807) is 0 Å². The SMILES string of the molecule is CC(C)C(C)N(C)C(=O)N(CC(=O)O)CC(=O)O. The van der Waals surface area contributed by atoms with Crippen LogP contribution in [-0.4, -0.2) is 64.2 Å². The summed E-state index contributed by atoms with van der Waals surface area (Å²) in [6.45, 7) is 4.42. The van der Waals surface area contributed by atoms with E-state index in [2.05, 4.69) is 0 Å². The molecule has 18 heavy (non-hydrogen) atoms. The van der Waals surface area contributed by atoms with Crippen molar-refractivity contribution in [1.29, 1.82) is 0 Å². The summed E-state index contributed by atoms with van der Waals surface area (Å²) in [5.41, 5.74) is 0. The van der Waals surface area contributed by atoms with Gasteiger partial charge in [-0.2, -0.15) is 0 Å². The summed E-state index contributed by atoms with van der Waals surface area (Å²) in [5, 5.41) is 17.3. The monoisotopic (exact) mass is 260 g/mol. The molecular weight excluding hydrogens is 240 g/mol. The van der Waals surface area contributed by atoms with Crippen LogP contribution in [0.3, 0.4) is 0 Å². The molecule has 0 aliphatic carbocycles. The van der Waals surface area contributed by atoms with Gasteiger partial charge in [-0.3, -0.25) is 9.59 Å². The van der Waals surface area contributed by atoms with Crippen LogP contribution in [0.5, 0.6) is 0 Å². The van der Waals surface area contributed by atoms with E-state index in [0.717, 1.165) is 4.90 Å². The molecule has 0 aliphatic rings. The second kappa shape index (κ2) is 6.83. The molecule has 1 atom stereocenters. The van der Waals surface area contributed by atoms with Crippen LogP contribution in [0, 0.1) is 5.92 Å². The maximum atomic E-state index is 12.0. The molecule has 1 unspecified atom stereocenters. The van der Waals surface area contributed by atoms with E-state index in [1.807, 2.05) is 20.8 Å². The average Bonchev–Trinajstić information content (AvgIpc) is 2.23. The molecule has 2 amide bonds. The van der Waals surface area contributed by atoms with Gasteiger partial charge in [-0.25, -0.2) is 4.79 Å². The van der Waals surface area contributed by atoms with Gasteiger partial charge in [-0.05, 0) is 12.8 Å². The summed E-state index contributed by atoms with van der Waals surface area (Å²) >= 11 is 0. The molecule has 0 fully saturated rings. The van der Waals surface area contributed by atoms with Gasteiger partial charge in [0.15, 0.2) is 0 Å². The molecule has 0 aliphatic heterocycles. The van der Waals surface area contributed by atoms with Crippen LogP contribution in [0.1, 0.15) is 20.8 Å². The second-order valence-electron chi connectivity index (χ2n) is 4.52. The smallest absolute Gasteiger partial charge is 0.323 e. The number of carboxylic acids is 2. The zero-order valence-corrected chi connectivity index (χ0v) is 11.1. The molecule has 7 nitrogen and oxygen atoms in total. The van der Waals surface area contributed by atoms with Gasteiger partial charge in [0.2, 0.25) is 0 Å². The largest absolute Gasteiger partial charge is 0.480 e. The van der Waals surface area contributed by atoms with Gasteiger partial charge in [0, 0.05) is 13.1 Å². The number of nitrogens with zero attached hydrogens (tertiary/aromatic N) is 2. The second-order valence-corrected chi connectivity index (χ2v) is 4.52. The van der Waals surface area contributed by atoms with Gasteiger partial charge in [0.1, 0.15) is 13.1 Å². The Bertz CT molecular complexity index is 313. The molecule has 0 saturated heterocycles. The van der Waals surface area contributed by atoms with Crippen LogP contribution in [-0.2, 0) is 9.59 Å². The van der Waals surface area contributed by atoms with Crippen molar-refractivity contribution in [2.75, 3.05) is 20.1 Å². The number of carboxylic acid groups (broad SMARTS) is 2. The van der Waals surface area contributed by atoms with E-state index >= 15 is 0 Å². The number of amides is 2. The summed E-state index contributed by atoms with van der Waals surface area (Å²) in [6.07, 6.45) is 0. The van der Waals surface area contributed by atoms with Crippen molar-refractivity contribution in [3.05, 3.63) is 0 Å². The molecule has 0 spiro atoms. The van der Waals surface area contributed by atoms with E-state index in [-0.39, 0.29) is 12.0 Å². The fraction of sp³-hybridized carbons (Fsp3) is 0.727. The Morgan fingerprint density at radius 1 is 1.00 bits per heavy atom. The third kappa shape index (κ3) is 5.03. The highest BCUT2D eigenvalue weighted by molar-refractivity contribution is 5.84. The number of aliphatic carboxylic acids is 2. The number of urea groups is 1. The van der Waals surface area contributed by atoms with Gasteiger partial charge in [0.05, 0.1) is 0 Å². The van der Waals surface area contributed by atoms with Crippen LogP contribution >= 0.6 is 0 Å². The Kier molecular flexibility index (Phi) is 6.15. The van der Waals surface area contributed by atoms with Gasteiger partial charge >= 0.3 is 18.0 Å². The molecule has 7 heteroatoms. The molecule has 0 rings (SSSR count). The molecule has 0 aromatic rings. The quantitative estimate of drug-likeness (QED) is 0.727. The Hall–Kier alpha value is -1.79. The van der Waals surface area contributed by atoms with Crippen molar-refractivity contribution in [3.63, 3.8) is 0 Å². The van der Waals surface area contributed by atoms with Gasteiger partial charge in [-0.15, -0.1) is 0 Å². The van der Waals surface area contributed by atoms with Gasteiger partial charge in [-0.1, -0.05) is 13.8 Å². The van der Waals surface area contributed by atoms with E-state index < -0.39 is 31.1 Å². The topological polar surface area (TPSA) is 98.2 Å². The summed E-state index contributed by atoms with van der Waals surface area (Å²) in [4.78, 5) is 35.4. The lowest BCUT2D eigenvalue weighted by Gasteiger charge is -2.32. The number of rotatable bonds is 6. The van der Waals surface area contributed by atoms with E-state index in [4.69, 9.17) is 10.2 Å². The van der Waals surface area contributed by atoms with Gasteiger partial charge in [0.25, 0.3) is 0 Å². The third-order valence-electron chi connectivity index (χ3n) is 2.80. The lowest BCUT2D eigenvalue weighted by molar-refractivity contribution is -0.140. The predicted molar refractivity (Wildman–Crippen MR) is 64.3 cm³/mol. The van der Waals surface area contributed by atoms with Crippen molar-refractivity contribution < 1.29 is 24.6 Å². The van der Waals surface area contributed by atoms with Crippen LogP contribution in [0.25, 0.3) is 0 Å². The summed E-state index contributed by atoms with van der Waals surface area (Å²) in [6, 6.07) is -0.705. The summed E-state index contributed by atoms with van der Waals surface area (Å²) < 4.78 is 0. The highest BCUT2D eigenvalue weighted by Gasteiger charge is 2.26. The average molecular weight is 260 g/mol. The van der Waals surface area contributed by atoms with Crippen LogP contribution in [0.15, 0.2) is 0 Å². The minimum absolute atomic E-state index is 0.109. The molecular formula is C11H20N2O5. The number of hydrogen-bond acceptors (Lipinski definition) is 3. The first-order valence-corrected chi connectivity index (χ1v) is 5.62. The molecule has 0 radical (unpaired) electrons. The van der Waals surface area contributed by atoms with Crippen molar-refractivity contribution in [1.82, 2.24) is 9.80 Å². The van der Waals surface area contributed by atoms with Crippen molar-refractivity contribution in [3.8, 4) is 0 Å². The van der Waals surface area contributed by atoms with Crippen LogP contribution in [0.2, 0.25) is 0 Å². The number of carbonyl (C=O) groups excluding carboxylic acids is 1. The van der Waals surface area contributed by atoms with E-state index in [9.17, 15) is 14.4 Å². The first-order valence-electron chi connectivity index (χ1n) is 5.62. The number of carbonyl (C=O) groups is 3. The van der Waals surface area contributed by atoms with Crippen LogP contribution in [0.4, 0.5) is 4.79 Å². The molecule has 0 bridgehead atoms.